The van der Waals surface area contributed by atoms with Crippen LogP contribution in [-0.2, 0) is 9.59 Å². The van der Waals surface area contributed by atoms with E-state index in [0.29, 0.717) is 0 Å². The summed E-state index contributed by atoms with van der Waals surface area (Å²) in [5.74, 6) is -2.75. The van der Waals surface area contributed by atoms with Crippen molar-refractivity contribution in [2.75, 3.05) is 0 Å². The third-order valence-corrected chi connectivity index (χ3v) is 0.962. The molecule has 0 aliphatic heterocycles. The summed E-state index contributed by atoms with van der Waals surface area (Å²) >= 11 is 0. The first-order valence-corrected chi connectivity index (χ1v) is 2.70. The number of carbonyl (C=O) groups is 2. The summed E-state index contributed by atoms with van der Waals surface area (Å²) in [5.41, 5.74) is 4.91. The van der Waals surface area contributed by atoms with Crippen LogP contribution in [0.1, 0.15) is 12.8 Å². The van der Waals surface area contributed by atoms with Gasteiger partial charge in [-0.25, -0.2) is 0 Å². The van der Waals surface area contributed by atoms with Crippen LogP contribution < -0.4 is 15.9 Å². The van der Waals surface area contributed by atoms with Gasteiger partial charge in [0.05, 0.1) is 5.97 Å². The number of rotatable bonds is 4. The van der Waals surface area contributed by atoms with E-state index >= 15 is 0 Å². The molecule has 0 aromatic rings. The first-order valence-electron chi connectivity index (χ1n) is 2.70. The van der Waals surface area contributed by atoms with Crippen molar-refractivity contribution in [3.8, 4) is 0 Å². The largest absolute Gasteiger partial charge is 0.550 e. The van der Waals surface area contributed by atoms with E-state index in [0.717, 1.165) is 0 Å². The molecule has 66 valence electrons. The van der Waals surface area contributed by atoms with Crippen molar-refractivity contribution in [2.45, 2.75) is 18.9 Å². The van der Waals surface area contributed by atoms with Crippen LogP contribution in [0, 0.1) is 0 Å². The van der Waals surface area contributed by atoms with Gasteiger partial charge in [-0.2, -0.15) is 0 Å². The van der Waals surface area contributed by atoms with Crippen LogP contribution in [0.25, 0.3) is 0 Å². The molecule has 0 amide bonds. The van der Waals surface area contributed by atoms with Gasteiger partial charge >= 0.3 is 0 Å². The van der Waals surface area contributed by atoms with Crippen molar-refractivity contribution in [3.63, 3.8) is 0 Å². The zero-order chi connectivity index (χ0) is 8.15. The molecule has 0 aromatic carbocycles. The van der Waals surface area contributed by atoms with E-state index < -0.39 is 18.0 Å². The summed E-state index contributed by atoms with van der Waals surface area (Å²) in [6.07, 6.45) is -0.500. The number of carbonyl (C=O) groups excluding carboxylic acids is 2. The highest BCUT2D eigenvalue weighted by Gasteiger charge is 2.01. The fourth-order valence-electron chi connectivity index (χ4n) is 0.391. The van der Waals surface area contributed by atoms with Gasteiger partial charge < -0.3 is 25.5 Å². The molecule has 0 aromatic heterocycles. The number of aliphatic carboxylic acids is 2. The topological polar surface area (TPSA) is 106 Å². The molecule has 0 saturated heterocycles. The third-order valence-electron chi connectivity index (χ3n) is 0.962. The standard InChI is InChI=1S/C5H9NO4.ClH/c6-3(5(9)10)1-2-4(7)8;/h3H,1-2,6H2,(H,7,8)(H,9,10);1H/p-2. The van der Waals surface area contributed by atoms with Crippen LogP contribution in [0.4, 0.5) is 0 Å². The Morgan fingerprint density at radius 2 is 1.82 bits per heavy atom. The number of carboxylic acid groups (broad SMARTS) is 2. The zero-order valence-corrected chi connectivity index (χ0v) is 6.43. The highest BCUT2D eigenvalue weighted by Crippen LogP contribution is 1.90. The second-order valence-electron chi connectivity index (χ2n) is 1.84. The quantitative estimate of drug-likeness (QED) is 0.498. The van der Waals surface area contributed by atoms with E-state index in [2.05, 4.69) is 0 Å². The van der Waals surface area contributed by atoms with Crippen molar-refractivity contribution in [3.05, 3.63) is 0 Å². The summed E-state index contributed by atoms with van der Waals surface area (Å²) in [7, 11) is 0. The predicted octanol–water partition coefficient (Wildman–Crippen LogP) is -2.98. The fourth-order valence-corrected chi connectivity index (χ4v) is 0.391. The summed E-state index contributed by atoms with van der Waals surface area (Å²) in [6, 6.07) is -1.21. The molecule has 5 nitrogen and oxygen atoms in total. The molecule has 0 spiro atoms. The molecule has 0 fully saturated rings. The lowest BCUT2D eigenvalue weighted by Crippen LogP contribution is -2.42. The summed E-state index contributed by atoms with van der Waals surface area (Å²) in [5, 5.41) is 19.6. The smallest absolute Gasteiger partial charge is 0.0582 e. The van der Waals surface area contributed by atoms with Gasteiger partial charge in [0, 0.05) is 12.0 Å². The van der Waals surface area contributed by atoms with Crippen molar-refractivity contribution in [1.29, 1.82) is 0 Å². The van der Waals surface area contributed by atoms with Gasteiger partial charge in [0.2, 0.25) is 0 Å². The van der Waals surface area contributed by atoms with E-state index in [9.17, 15) is 19.8 Å². The molecule has 0 bridgehead atoms. The maximum Gasteiger partial charge on any atom is 0.0582 e. The minimum Gasteiger partial charge on any atom is -0.550 e. The maximum absolute atomic E-state index is 9.86. The number of nitrogens with two attached hydrogens (primary N) is 1. The van der Waals surface area contributed by atoms with Crippen LogP contribution in [0.5, 0.6) is 0 Å². The van der Waals surface area contributed by atoms with Gasteiger partial charge in [-0.3, -0.25) is 0 Å². The number of halogens is 1. The molecule has 2 N–H and O–H groups in total. The molecular weight excluding hydrogens is 174 g/mol. The van der Waals surface area contributed by atoms with Gasteiger partial charge in [0.25, 0.3) is 0 Å². The minimum atomic E-state index is -1.44. The molecule has 11 heavy (non-hydrogen) atoms. The van der Waals surface area contributed by atoms with Crippen LogP contribution >= 0.6 is 12.4 Å². The Bertz CT molecular complexity index is 149. The number of carboxylic acids is 2. The molecule has 0 radical (unpaired) electrons. The minimum absolute atomic E-state index is 0. The molecule has 0 aliphatic carbocycles. The monoisotopic (exact) mass is 181 g/mol. The van der Waals surface area contributed by atoms with Crippen LogP contribution in [-0.4, -0.2) is 18.0 Å². The Morgan fingerprint density at radius 1 is 1.36 bits per heavy atom. The van der Waals surface area contributed by atoms with Gasteiger partial charge in [-0.1, -0.05) is 0 Å². The van der Waals surface area contributed by atoms with E-state index in [-0.39, 0.29) is 25.2 Å². The molecule has 0 aliphatic rings. The lowest BCUT2D eigenvalue weighted by atomic mass is 10.2. The second kappa shape index (κ2) is 5.94. The molecule has 1 unspecified atom stereocenters. The Morgan fingerprint density at radius 3 is 2.09 bits per heavy atom. The van der Waals surface area contributed by atoms with Crippen LogP contribution in [0.3, 0.4) is 0 Å². The van der Waals surface area contributed by atoms with E-state index in [4.69, 9.17) is 5.73 Å². The summed E-state index contributed by atoms with van der Waals surface area (Å²) < 4.78 is 0. The SMILES string of the molecule is Cl.NC(CCC(=O)[O-])C(=O)[O-]. The van der Waals surface area contributed by atoms with Gasteiger partial charge in [-0.15, -0.1) is 12.4 Å². The average molecular weight is 182 g/mol. The summed E-state index contributed by atoms with van der Waals surface area (Å²) in [4.78, 5) is 19.6. The third kappa shape index (κ3) is 7.08. The van der Waals surface area contributed by atoms with Crippen LogP contribution in [0.15, 0.2) is 0 Å². The highest BCUT2D eigenvalue weighted by atomic mass is 35.5. The van der Waals surface area contributed by atoms with Gasteiger partial charge in [0.1, 0.15) is 0 Å². The molecule has 1 atom stereocenters. The Balaban J connectivity index is 0. The lowest BCUT2D eigenvalue weighted by molar-refractivity contribution is -0.309. The highest BCUT2D eigenvalue weighted by molar-refractivity contribution is 5.85. The maximum atomic E-state index is 9.86. The van der Waals surface area contributed by atoms with Crippen molar-refractivity contribution in [1.82, 2.24) is 0 Å². The molecule has 6 heteroatoms. The van der Waals surface area contributed by atoms with E-state index in [1.165, 1.54) is 0 Å². The first kappa shape index (κ1) is 12.8. The summed E-state index contributed by atoms with van der Waals surface area (Å²) in [6.45, 7) is 0. The van der Waals surface area contributed by atoms with Gasteiger partial charge in [-0.05, 0) is 12.8 Å². The predicted molar refractivity (Wildman–Crippen MR) is 34.5 cm³/mol. The Labute approximate surface area is 69.6 Å². The molecule has 0 rings (SSSR count). The van der Waals surface area contributed by atoms with Crippen molar-refractivity contribution < 1.29 is 19.8 Å². The number of hydrogen-bond donors (Lipinski definition) is 1. The fraction of sp³-hybridized carbons (Fsp3) is 0.600. The van der Waals surface area contributed by atoms with E-state index in [1.54, 1.807) is 0 Å². The lowest BCUT2D eigenvalue weighted by Gasteiger charge is -2.11. The molecule has 0 saturated carbocycles. The Kier molecular flexibility index (Phi) is 6.92. The van der Waals surface area contributed by atoms with Crippen LogP contribution in [0.2, 0.25) is 0 Å². The van der Waals surface area contributed by atoms with Gasteiger partial charge in [0.15, 0.2) is 0 Å². The van der Waals surface area contributed by atoms with E-state index in [1.807, 2.05) is 0 Å². The molecule has 0 heterocycles. The normalized spacial score (nSPS) is 11.4. The number of hydrogen-bond acceptors (Lipinski definition) is 5. The Hall–Kier alpha value is -0.810. The molecular formula is C5H8ClNO4-2. The zero-order valence-electron chi connectivity index (χ0n) is 5.61. The first-order chi connectivity index (χ1) is 4.54. The average Bonchev–Trinajstić information content (AvgIpc) is 1.82. The second-order valence-corrected chi connectivity index (χ2v) is 1.84. The van der Waals surface area contributed by atoms with Crippen molar-refractivity contribution in [2.24, 2.45) is 5.73 Å². The van der Waals surface area contributed by atoms with Crippen molar-refractivity contribution >= 4 is 24.3 Å².